The number of rotatable bonds is 4. The topological polar surface area (TPSA) is 22.8 Å². The van der Waals surface area contributed by atoms with Crippen molar-refractivity contribution in [1.82, 2.24) is 14.1 Å². The number of hydrogen-bond donors (Lipinski definition) is 0. The summed E-state index contributed by atoms with van der Waals surface area (Å²) in [6, 6.07) is 39.6. The van der Waals surface area contributed by atoms with E-state index in [2.05, 4.69) is 137 Å². The Hall–Kier alpha value is -4.89. The van der Waals surface area contributed by atoms with Crippen LogP contribution < -0.4 is 0 Å². The van der Waals surface area contributed by atoms with E-state index in [9.17, 15) is 0 Å². The molecule has 0 aliphatic carbocycles. The number of fused-ring (bicyclic) bond motifs is 3. The van der Waals surface area contributed by atoms with Gasteiger partial charge in [-0.25, -0.2) is 4.98 Å². The van der Waals surface area contributed by atoms with Crippen LogP contribution in [0, 0.1) is 13.8 Å². The molecule has 0 aliphatic rings. The minimum atomic E-state index is 0.981. The Morgan fingerprint density at radius 2 is 1.05 bits per heavy atom. The maximum Gasteiger partial charge on any atom is 0.139 e. The Balaban J connectivity index is 1.51. The highest BCUT2D eigenvalue weighted by atomic mass is 15.0. The van der Waals surface area contributed by atoms with Crippen LogP contribution in [-0.4, -0.2) is 14.1 Å². The molecule has 0 radical (unpaired) electrons. The van der Waals surface area contributed by atoms with Crippen LogP contribution in [0.2, 0.25) is 0 Å². The fraction of sp³-hybridized carbons (Fsp3) is 0.0833. The largest absolute Gasteiger partial charge is 0.334 e. The summed E-state index contributed by atoms with van der Waals surface area (Å²) in [4.78, 5) is 4.59. The lowest BCUT2D eigenvalue weighted by Gasteiger charge is -2.17. The van der Waals surface area contributed by atoms with E-state index < -0.39 is 0 Å². The predicted molar refractivity (Wildman–Crippen MR) is 163 cm³/mol. The van der Waals surface area contributed by atoms with Gasteiger partial charge in [0.2, 0.25) is 0 Å². The van der Waals surface area contributed by atoms with Crippen molar-refractivity contribution in [3.63, 3.8) is 0 Å². The Morgan fingerprint density at radius 1 is 0.538 bits per heavy atom. The van der Waals surface area contributed by atoms with Crippen molar-refractivity contribution in [2.24, 2.45) is 7.05 Å². The normalized spacial score (nSPS) is 11.5. The Morgan fingerprint density at radius 3 is 1.51 bits per heavy atom. The summed E-state index contributed by atoms with van der Waals surface area (Å²) in [5.74, 6) is 0.981. The molecular formula is C36H29N3. The molecule has 2 heterocycles. The maximum absolute atomic E-state index is 4.59. The van der Waals surface area contributed by atoms with Gasteiger partial charge < -0.3 is 9.13 Å². The second kappa shape index (κ2) is 9.14. The van der Waals surface area contributed by atoms with Crippen LogP contribution >= 0.6 is 0 Å². The van der Waals surface area contributed by atoms with E-state index in [4.69, 9.17) is 0 Å². The van der Waals surface area contributed by atoms with Crippen molar-refractivity contribution in [3.05, 3.63) is 133 Å². The van der Waals surface area contributed by atoms with Gasteiger partial charge in [-0.05, 0) is 83.6 Å². The molecule has 2 aromatic heterocycles. The molecule has 188 valence electrons. The minimum absolute atomic E-state index is 0.981. The van der Waals surface area contributed by atoms with Crippen molar-refractivity contribution >= 4 is 21.8 Å². The highest BCUT2D eigenvalue weighted by Gasteiger charge is 2.18. The fourth-order valence-electron chi connectivity index (χ4n) is 5.97. The lowest BCUT2D eigenvalue weighted by molar-refractivity contribution is 0.924. The average Bonchev–Trinajstić information content (AvgIpc) is 3.54. The molecule has 5 aromatic carbocycles. The highest BCUT2D eigenvalue weighted by Crippen LogP contribution is 2.39. The lowest BCUT2D eigenvalue weighted by atomic mass is 10.0. The molecule has 0 fully saturated rings. The summed E-state index contributed by atoms with van der Waals surface area (Å²) in [5, 5.41) is 2.52. The zero-order valence-corrected chi connectivity index (χ0v) is 22.4. The van der Waals surface area contributed by atoms with Gasteiger partial charge in [0.1, 0.15) is 5.82 Å². The number of aromatic nitrogens is 3. The van der Waals surface area contributed by atoms with Crippen molar-refractivity contribution in [3.8, 4) is 39.3 Å². The second-order valence-corrected chi connectivity index (χ2v) is 10.4. The third-order valence-electron chi connectivity index (χ3n) is 7.77. The first-order valence-corrected chi connectivity index (χ1v) is 13.4. The third-order valence-corrected chi connectivity index (χ3v) is 7.77. The van der Waals surface area contributed by atoms with E-state index in [0.717, 1.165) is 11.4 Å². The van der Waals surface area contributed by atoms with Gasteiger partial charge in [0.25, 0.3) is 0 Å². The van der Waals surface area contributed by atoms with Gasteiger partial charge in [-0.1, -0.05) is 72.8 Å². The molecule has 7 rings (SSSR count). The summed E-state index contributed by atoms with van der Waals surface area (Å²) in [6.07, 6.45) is 3.85. The fourth-order valence-corrected chi connectivity index (χ4v) is 5.97. The van der Waals surface area contributed by atoms with Crippen LogP contribution in [-0.2, 0) is 7.05 Å². The molecule has 7 aromatic rings. The zero-order chi connectivity index (χ0) is 26.5. The third kappa shape index (κ3) is 3.86. The Labute approximate surface area is 228 Å². The van der Waals surface area contributed by atoms with Crippen molar-refractivity contribution in [2.45, 2.75) is 13.8 Å². The van der Waals surface area contributed by atoms with E-state index in [1.54, 1.807) is 0 Å². The standard InChI is InChI=1S/C36H29N3/c1-24-20-30(36-37-18-19-38(36)3)21-25(2)35(24)39-33-16-14-28(26-10-6-4-7-11-26)22-31(33)32-23-29(15-17-34(32)39)27-12-8-5-9-13-27/h4-23H,1-3H3. The van der Waals surface area contributed by atoms with Gasteiger partial charge >= 0.3 is 0 Å². The molecule has 0 unspecified atom stereocenters. The molecular weight excluding hydrogens is 474 g/mol. The summed E-state index contributed by atoms with van der Waals surface area (Å²) >= 11 is 0. The number of nitrogens with zero attached hydrogens (tertiary/aromatic N) is 3. The molecule has 0 saturated carbocycles. The van der Waals surface area contributed by atoms with E-state index in [1.807, 2.05) is 19.4 Å². The first kappa shape index (κ1) is 23.2. The maximum atomic E-state index is 4.59. The molecule has 0 atom stereocenters. The van der Waals surface area contributed by atoms with Gasteiger partial charge in [-0.2, -0.15) is 0 Å². The first-order valence-electron chi connectivity index (χ1n) is 13.4. The number of benzene rings is 5. The second-order valence-electron chi connectivity index (χ2n) is 10.4. The molecule has 3 heteroatoms. The lowest BCUT2D eigenvalue weighted by Crippen LogP contribution is -2.02. The predicted octanol–water partition coefficient (Wildman–Crippen LogP) is 9.14. The molecule has 0 amide bonds. The van der Waals surface area contributed by atoms with Crippen molar-refractivity contribution < 1.29 is 0 Å². The summed E-state index contributed by atoms with van der Waals surface area (Å²) < 4.78 is 4.52. The Kier molecular flexibility index (Phi) is 5.45. The molecule has 3 nitrogen and oxygen atoms in total. The van der Waals surface area contributed by atoms with Crippen LogP contribution in [0.3, 0.4) is 0 Å². The molecule has 39 heavy (non-hydrogen) atoms. The van der Waals surface area contributed by atoms with Gasteiger partial charge in [0.15, 0.2) is 0 Å². The Bertz CT molecular complexity index is 1860. The van der Waals surface area contributed by atoms with Crippen molar-refractivity contribution in [1.29, 1.82) is 0 Å². The molecule has 0 saturated heterocycles. The summed E-state index contributed by atoms with van der Waals surface area (Å²) in [7, 11) is 2.04. The van der Waals surface area contributed by atoms with Crippen LogP contribution in [0.1, 0.15) is 11.1 Å². The molecule has 0 spiro atoms. The van der Waals surface area contributed by atoms with E-state index >= 15 is 0 Å². The number of hydrogen-bond acceptors (Lipinski definition) is 1. The molecule has 0 N–H and O–H groups in total. The van der Waals surface area contributed by atoms with E-state index in [-0.39, 0.29) is 0 Å². The average molecular weight is 504 g/mol. The molecule has 0 aliphatic heterocycles. The smallest absolute Gasteiger partial charge is 0.139 e. The highest BCUT2D eigenvalue weighted by molar-refractivity contribution is 6.11. The first-order chi connectivity index (χ1) is 19.1. The van der Waals surface area contributed by atoms with Crippen molar-refractivity contribution in [2.75, 3.05) is 0 Å². The van der Waals surface area contributed by atoms with E-state index in [0.29, 0.717) is 0 Å². The zero-order valence-electron chi connectivity index (χ0n) is 22.4. The number of aryl methyl sites for hydroxylation is 3. The van der Waals surface area contributed by atoms with Crippen LogP contribution in [0.5, 0.6) is 0 Å². The molecule has 0 bridgehead atoms. The van der Waals surface area contributed by atoms with E-state index in [1.165, 1.54) is 60.9 Å². The SMILES string of the molecule is Cc1cc(-c2nccn2C)cc(C)c1-n1c2ccc(-c3ccccc3)cc2c2cc(-c3ccccc3)ccc21. The van der Waals surface area contributed by atoms with Gasteiger partial charge in [-0.3, -0.25) is 0 Å². The summed E-state index contributed by atoms with van der Waals surface area (Å²) in [6.45, 7) is 4.42. The monoisotopic (exact) mass is 503 g/mol. The van der Waals surface area contributed by atoms with Gasteiger partial charge in [0, 0.05) is 35.8 Å². The minimum Gasteiger partial charge on any atom is -0.334 e. The number of imidazole rings is 1. The van der Waals surface area contributed by atoms with Crippen LogP contribution in [0.25, 0.3) is 61.1 Å². The van der Waals surface area contributed by atoms with Crippen LogP contribution in [0.4, 0.5) is 0 Å². The summed E-state index contributed by atoms with van der Waals surface area (Å²) in [5.41, 5.74) is 12.2. The van der Waals surface area contributed by atoms with Crippen LogP contribution in [0.15, 0.2) is 122 Å². The quantitative estimate of drug-likeness (QED) is 0.235. The van der Waals surface area contributed by atoms with Gasteiger partial charge in [-0.15, -0.1) is 0 Å². The van der Waals surface area contributed by atoms with Gasteiger partial charge in [0.05, 0.1) is 16.7 Å².